The van der Waals surface area contributed by atoms with Gasteiger partial charge < -0.3 is 86.3 Å². The lowest BCUT2D eigenvalue weighted by atomic mass is 10.0. The molecule has 0 fully saturated rings. The number of anilines is 1. The fraction of sp³-hybridized carbons (Fsp3) is 0.688. The van der Waals surface area contributed by atoms with Crippen molar-refractivity contribution in [2.24, 2.45) is 9.98 Å². The number of nitrogens with one attached hydrogen (secondary N) is 2. The Bertz CT molecular complexity index is 1160. The van der Waals surface area contributed by atoms with Crippen LogP contribution >= 0.6 is 0 Å². The molecule has 23 nitrogen and oxygen atoms in total. The fourth-order valence-electron chi connectivity index (χ4n) is 4.69. The predicted molar refractivity (Wildman–Crippen MR) is 193 cm³/mol. The van der Waals surface area contributed by atoms with Crippen molar-refractivity contribution < 1.29 is 80.3 Å². The van der Waals surface area contributed by atoms with Gasteiger partial charge in [-0.1, -0.05) is 18.2 Å². The zero-order valence-electron chi connectivity index (χ0n) is 30.3. The minimum atomic E-state index is -1.93. The zero-order valence-corrected chi connectivity index (χ0v) is 30.3. The summed E-state index contributed by atoms with van der Waals surface area (Å²) < 4.78 is 10.7. The Balaban J connectivity index is 3.13. The highest BCUT2D eigenvalue weighted by Gasteiger charge is 2.31. The summed E-state index contributed by atoms with van der Waals surface area (Å²) >= 11 is 0. The van der Waals surface area contributed by atoms with Gasteiger partial charge in [0.25, 0.3) is 0 Å². The largest absolute Gasteiger partial charge is 0.468 e. The average molecular weight is 796 g/mol. The lowest BCUT2D eigenvalue weighted by Gasteiger charge is -2.31. The number of benzene rings is 1. The maximum atomic E-state index is 13.0. The Labute approximate surface area is 317 Å². The molecule has 23 heteroatoms. The molecule has 0 aromatic heterocycles. The summed E-state index contributed by atoms with van der Waals surface area (Å²) in [5.41, 5.74) is 0.753. The number of hydrogen-bond acceptors (Lipinski definition) is 21. The van der Waals surface area contributed by atoms with E-state index < -0.39 is 114 Å². The Morgan fingerprint density at radius 3 is 1.40 bits per heavy atom. The molecule has 316 valence electrons. The second-order valence-corrected chi connectivity index (χ2v) is 12.1. The first kappa shape index (κ1) is 49.4. The standard InChI is InChI=1S/C32H57N7O16/c40-14-25(46)31(52)29(50)23(44)10-35-27(48)12-37(13-28(49)36-11-24(45)30(51)32(53)26(47)15-41)6-8-39(22-4-2-1-3-5-22)9-7-38(20-54-18-33-16-42)21-55-19-34-17-43/h1-5,18-19,23-26,29-32,40-47,50-53H,6-17,20-21H2,(H,35,48)(H,36,49)/b33-18+,34-19+. The number of ether oxygens (including phenoxy) is 2. The minimum Gasteiger partial charge on any atom is -0.468 e. The summed E-state index contributed by atoms with van der Waals surface area (Å²) in [6, 6.07) is 9.06. The number of aliphatic hydroxyl groups is 12. The van der Waals surface area contributed by atoms with Crippen LogP contribution in [0, 0.1) is 0 Å². The van der Waals surface area contributed by atoms with Crippen LogP contribution in [0.2, 0.25) is 0 Å². The van der Waals surface area contributed by atoms with E-state index in [1.807, 2.05) is 17.0 Å². The van der Waals surface area contributed by atoms with E-state index >= 15 is 0 Å². The molecule has 0 radical (unpaired) electrons. The van der Waals surface area contributed by atoms with Crippen molar-refractivity contribution in [3.63, 3.8) is 0 Å². The number of para-hydroxylation sites is 1. The minimum absolute atomic E-state index is 0.0152. The normalized spacial score (nSPS) is 16.4. The lowest BCUT2D eigenvalue weighted by molar-refractivity contribution is -0.129. The van der Waals surface area contributed by atoms with Crippen molar-refractivity contribution in [3.8, 4) is 0 Å². The summed E-state index contributed by atoms with van der Waals surface area (Å²) in [5.74, 6) is -1.46. The topological polar surface area (TPSA) is 354 Å². The summed E-state index contributed by atoms with van der Waals surface area (Å²) in [6.07, 6.45) is -12.6. The molecule has 0 saturated heterocycles. The predicted octanol–water partition coefficient (Wildman–Crippen LogP) is -7.89. The first-order valence-electron chi connectivity index (χ1n) is 17.1. The fourth-order valence-corrected chi connectivity index (χ4v) is 4.69. The number of aliphatic hydroxyl groups excluding tert-OH is 12. The van der Waals surface area contributed by atoms with Gasteiger partial charge in [0.15, 0.2) is 12.8 Å². The zero-order chi connectivity index (χ0) is 41.2. The highest BCUT2D eigenvalue weighted by atomic mass is 16.5. The number of carbonyl (C=O) groups excluding carboxylic acids is 2. The molecule has 8 unspecified atom stereocenters. The highest BCUT2D eigenvalue weighted by Crippen LogP contribution is 2.14. The van der Waals surface area contributed by atoms with E-state index in [0.29, 0.717) is 13.1 Å². The first-order valence-corrected chi connectivity index (χ1v) is 17.1. The van der Waals surface area contributed by atoms with Gasteiger partial charge in [0, 0.05) is 45.0 Å². The third-order valence-electron chi connectivity index (χ3n) is 7.87. The maximum absolute atomic E-state index is 13.0. The molecule has 0 aliphatic carbocycles. The summed E-state index contributed by atoms with van der Waals surface area (Å²) in [5, 5.41) is 120. The average Bonchev–Trinajstić information content (AvgIpc) is 3.19. The third kappa shape index (κ3) is 20.2. The van der Waals surface area contributed by atoms with E-state index in [4.69, 9.17) is 29.9 Å². The van der Waals surface area contributed by atoms with Crippen LogP contribution in [0.15, 0.2) is 40.3 Å². The summed E-state index contributed by atoms with van der Waals surface area (Å²) in [7, 11) is 0. The van der Waals surface area contributed by atoms with Crippen LogP contribution in [0.3, 0.4) is 0 Å². The number of nitrogens with zero attached hydrogens (tertiary/aromatic N) is 5. The van der Waals surface area contributed by atoms with Crippen LogP contribution in [0.1, 0.15) is 0 Å². The van der Waals surface area contributed by atoms with Crippen molar-refractivity contribution in [1.29, 1.82) is 0 Å². The van der Waals surface area contributed by atoms with Gasteiger partial charge in [-0.15, -0.1) is 0 Å². The van der Waals surface area contributed by atoms with Gasteiger partial charge in [-0.2, -0.15) is 0 Å². The van der Waals surface area contributed by atoms with Gasteiger partial charge in [-0.3, -0.25) is 14.5 Å². The lowest BCUT2D eigenvalue weighted by Crippen LogP contribution is -2.52. The Kier molecular flexibility index (Phi) is 25.8. The molecule has 1 aromatic rings. The van der Waals surface area contributed by atoms with Gasteiger partial charge in [0.1, 0.15) is 63.5 Å². The number of aliphatic imine (C=N–C) groups is 2. The number of carbonyl (C=O) groups is 2. The van der Waals surface area contributed by atoms with Crippen LogP contribution < -0.4 is 15.5 Å². The molecule has 0 spiro atoms. The van der Waals surface area contributed by atoms with Crippen molar-refractivity contribution in [2.75, 3.05) is 97.4 Å². The van der Waals surface area contributed by atoms with Crippen molar-refractivity contribution in [3.05, 3.63) is 30.3 Å². The van der Waals surface area contributed by atoms with Gasteiger partial charge in [0.2, 0.25) is 11.8 Å². The van der Waals surface area contributed by atoms with Gasteiger partial charge in [0.05, 0.1) is 38.5 Å². The third-order valence-corrected chi connectivity index (χ3v) is 7.87. The van der Waals surface area contributed by atoms with Crippen LogP contribution in [0.4, 0.5) is 5.69 Å². The molecular formula is C32H57N7O16. The van der Waals surface area contributed by atoms with Gasteiger partial charge >= 0.3 is 0 Å². The molecule has 55 heavy (non-hydrogen) atoms. The van der Waals surface area contributed by atoms with E-state index in [1.54, 1.807) is 23.1 Å². The monoisotopic (exact) mass is 795 g/mol. The number of hydrogen-bond donors (Lipinski definition) is 14. The van der Waals surface area contributed by atoms with Crippen molar-refractivity contribution in [2.45, 2.75) is 48.8 Å². The Hall–Kier alpha value is -3.66. The molecule has 2 amide bonds. The molecule has 1 aromatic carbocycles. The quantitative estimate of drug-likeness (QED) is 0.0188. The number of rotatable bonds is 31. The molecule has 0 aliphatic heterocycles. The van der Waals surface area contributed by atoms with E-state index in [-0.39, 0.29) is 26.6 Å². The van der Waals surface area contributed by atoms with E-state index in [1.165, 1.54) is 4.90 Å². The van der Waals surface area contributed by atoms with E-state index in [9.17, 15) is 50.4 Å². The molecule has 0 aliphatic rings. The molecule has 0 bridgehead atoms. The van der Waals surface area contributed by atoms with Gasteiger partial charge in [-0.25, -0.2) is 14.9 Å². The molecule has 8 atom stereocenters. The molecule has 0 heterocycles. The Morgan fingerprint density at radius 2 is 1.00 bits per heavy atom. The van der Waals surface area contributed by atoms with E-state index in [2.05, 4.69) is 20.6 Å². The smallest absolute Gasteiger partial charge is 0.234 e. The van der Waals surface area contributed by atoms with Crippen LogP contribution in [-0.4, -0.2) is 237 Å². The second-order valence-electron chi connectivity index (χ2n) is 12.1. The van der Waals surface area contributed by atoms with Gasteiger partial charge in [-0.05, 0) is 12.1 Å². The first-order chi connectivity index (χ1) is 26.3. The molecular weight excluding hydrogens is 738 g/mol. The number of amides is 2. The van der Waals surface area contributed by atoms with E-state index in [0.717, 1.165) is 18.5 Å². The van der Waals surface area contributed by atoms with Crippen molar-refractivity contribution >= 4 is 30.3 Å². The summed E-state index contributed by atoms with van der Waals surface area (Å²) in [6.45, 7) is -3.94. The highest BCUT2D eigenvalue weighted by molar-refractivity contribution is 5.81. The SMILES string of the molecule is O=C(CN(CCN(CCN(CO/C=N/CO)CO/C=N/CO)c1ccccc1)CC(=O)NCC(O)C(O)C(O)C(O)CO)NCC(O)C(O)C(O)C(O)CO. The second kappa shape index (κ2) is 28.7. The maximum Gasteiger partial charge on any atom is 0.234 e. The summed E-state index contributed by atoms with van der Waals surface area (Å²) in [4.78, 5) is 38.2. The van der Waals surface area contributed by atoms with Crippen molar-refractivity contribution in [1.82, 2.24) is 20.4 Å². The molecule has 1 rings (SSSR count). The van der Waals surface area contributed by atoms with Crippen LogP contribution in [0.5, 0.6) is 0 Å². The van der Waals surface area contributed by atoms with Crippen LogP contribution in [0.25, 0.3) is 0 Å². The molecule has 14 N–H and O–H groups in total. The van der Waals surface area contributed by atoms with Crippen LogP contribution in [-0.2, 0) is 19.1 Å². The molecule has 0 saturated carbocycles. The Morgan fingerprint density at radius 1 is 0.600 bits per heavy atom.